The first-order valence-corrected chi connectivity index (χ1v) is 7.11. The molecule has 0 radical (unpaired) electrons. The predicted molar refractivity (Wildman–Crippen MR) is 88.2 cm³/mol. The van der Waals surface area contributed by atoms with E-state index < -0.39 is 17.6 Å². The number of halogens is 1. The third kappa shape index (κ3) is 4.33. The Morgan fingerprint density at radius 3 is 2.17 bits per heavy atom. The molecule has 0 aliphatic carbocycles. The van der Waals surface area contributed by atoms with Gasteiger partial charge in [0.1, 0.15) is 5.82 Å². The predicted octanol–water partition coefficient (Wildman–Crippen LogP) is 2.08. The lowest BCUT2D eigenvalue weighted by Gasteiger charge is -2.12. The maximum atomic E-state index is 13.5. The summed E-state index contributed by atoms with van der Waals surface area (Å²) in [5.41, 5.74) is 5.92. The molecule has 0 unspecified atom stereocenters. The van der Waals surface area contributed by atoms with Crippen molar-refractivity contribution in [2.75, 3.05) is 0 Å². The van der Waals surface area contributed by atoms with E-state index in [1.165, 1.54) is 24.3 Å². The van der Waals surface area contributed by atoms with Crippen molar-refractivity contribution in [3.05, 3.63) is 71.0 Å². The highest BCUT2D eigenvalue weighted by atomic mass is 32.1. The van der Waals surface area contributed by atoms with Crippen molar-refractivity contribution in [3.8, 4) is 0 Å². The molecule has 0 aromatic heterocycles. The molecule has 118 valence electrons. The average molecular weight is 331 g/mol. The van der Waals surface area contributed by atoms with Crippen LogP contribution in [0.15, 0.2) is 48.5 Å². The van der Waals surface area contributed by atoms with Crippen molar-refractivity contribution >= 4 is 29.1 Å². The summed E-state index contributed by atoms with van der Waals surface area (Å²) in [4.78, 5) is 23.8. The topological polar surface area (TPSA) is 70.2 Å². The molecular weight excluding hydrogens is 317 g/mol. The summed E-state index contributed by atoms with van der Waals surface area (Å²) in [6.07, 6.45) is 0. The molecule has 0 aliphatic heterocycles. The Balaban J connectivity index is 1.91. The van der Waals surface area contributed by atoms with Gasteiger partial charge in [0.25, 0.3) is 11.8 Å². The Morgan fingerprint density at radius 1 is 0.913 bits per heavy atom. The zero-order valence-corrected chi connectivity index (χ0v) is 13.0. The van der Waals surface area contributed by atoms with E-state index in [1.54, 1.807) is 25.1 Å². The van der Waals surface area contributed by atoms with E-state index in [-0.39, 0.29) is 10.7 Å². The molecule has 23 heavy (non-hydrogen) atoms. The van der Waals surface area contributed by atoms with Crippen LogP contribution < -0.4 is 16.2 Å². The van der Waals surface area contributed by atoms with E-state index in [2.05, 4.69) is 16.2 Å². The molecule has 5 nitrogen and oxygen atoms in total. The quantitative estimate of drug-likeness (QED) is 0.582. The summed E-state index contributed by atoms with van der Waals surface area (Å²) in [5.74, 6) is -1.76. The maximum absolute atomic E-state index is 13.5. The molecule has 0 aliphatic rings. The summed E-state index contributed by atoms with van der Waals surface area (Å²) in [7, 11) is 0. The first-order chi connectivity index (χ1) is 11.0. The third-order valence-electron chi connectivity index (χ3n) is 3.02. The van der Waals surface area contributed by atoms with Gasteiger partial charge in [0, 0.05) is 5.56 Å². The van der Waals surface area contributed by atoms with E-state index in [4.69, 9.17) is 12.2 Å². The lowest BCUT2D eigenvalue weighted by molar-refractivity contribution is 0.0933. The normalized spacial score (nSPS) is 9.83. The molecule has 0 saturated carbocycles. The first kappa shape index (κ1) is 16.6. The molecule has 0 heterocycles. The van der Waals surface area contributed by atoms with E-state index in [1.807, 2.05) is 6.07 Å². The highest BCUT2D eigenvalue weighted by molar-refractivity contribution is 7.80. The number of hydrogen-bond acceptors (Lipinski definition) is 3. The first-order valence-electron chi connectivity index (χ1n) is 6.71. The van der Waals surface area contributed by atoms with Crippen LogP contribution in [-0.2, 0) is 0 Å². The fourth-order valence-electron chi connectivity index (χ4n) is 1.86. The number of hydrazine groups is 1. The Kier molecular flexibility index (Phi) is 5.37. The van der Waals surface area contributed by atoms with Gasteiger partial charge in [-0.3, -0.25) is 25.8 Å². The van der Waals surface area contributed by atoms with Gasteiger partial charge in [-0.15, -0.1) is 0 Å². The minimum atomic E-state index is -0.703. The van der Waals surface area contributed by atoms with Crippen molar-refractivity contribution < 1.29 is 14.0 Å². The number of nitrogens with one attached hydrogen (secondary N) is 3. The van der Waals surface area contributed by atoms with Gasteiger partial charge in [-0.05, 0) is 42.9 Å². The molecule has 0 fully saturated rings. The monoisotopic (exact) mass is 331 g/mol. The van der Waals surface area contributed by atoms with Gasteiger partial charge in [-0.2, -0.15) is 0 Å². The molecular formula is C16H14FN3O2S. The van der Waals surface area contributed by atoms with Crippen molar-refractivity contribution in [3.63, 3.8) is 0 Å². The second-order valence-corrected chi connectivity index (χ2v) is 5.07. The Hall–Kier alpha value is -2.80. The molecule has 2 aromatic carbocycles. The molecule has 2 amide bonds. The van der Waals surface area contributed by atoms with E-state index in [0.717, 1.165) is 5.56 Å². The number of amides is 2. The standard InChI is InChI=1S/C16H14FN3O2S/c1-10-6-2-3-7-11(10)15(22)19-20-16(23)18-14(21)12-8-4-5-9-13(12)17/h2-9H,1H3,(H,19,22)(H2,18,20,21,23). The summed E-state index contributed by atoms with van der Waals surface area (Å²) in [6, 6.07) is 12.5. The van der Waals surface area contributed by atoms with Crippen LogP contribution in [0.4, 0.5) is 4.39 Å². The van der Waals surface area contributed by atoms with Crippen LogP contribution in [0.3, 0.4) is 0 Å². The number of thiocarbonyl (C=S) groups is 1. The van der Waals surface area contributed by atoms with Gasteiger partial charge < -0.3 is 0 Å². The molecule has 0 spiro atoms. The fourth-order valence-corrected chi connectivity index (χ4v) is 2.00. The Bertz CT molecular complexity index is 764. The van der Waals surface area contributed by atoms with E-state index in [9.17, 15) is 14.0 Å². The van der Waals surface area contributed by atoms with Crippen LogP contribution in [0.1, 0.15) is 26.3 Å². The van der Waals surface area contributed by atoms with Crippen molar-refractivity contribution in [1.82, 2.24) is 16.2 Å². The highest BCUT2D eigenvalue weighted by Crippen LogP contribution is 2.06. The van der Waals surface area contributed by atoms with Crippen LogP contribution >= 0.6 is 12.2 Å². The molecule has 3 N–H and O–H groups in total. The number of aryl methyl sites for hydroxylation is 1. The molecule has 0 atom stereocenters. The minimum Gasteiger partial charge on any atom is -0.298 e. The van der Waals surface area contributed by atoms with Gasteiger partial charge in [-0.25, -0.2) is 4.39 Å². The van der Waals surface area contributed by atoms with Crippen LogP contribution in [0, 0.1) is 12.7 Å². The summed E-state index contributed by atoms with van der Waals surface area (Å²) in [5, 5.41) is 2.15. The number of carbonyl (C=O) groups excluding carboxylic acids is 2. The van der Waals surface area contributed by atoms with Crippen LogP contribution in [0.5, 0.6) is 0 Å². The minimum absolute atomic E-state index is 0.137. The van der Waals surface area contributed by atoms with Gasteiger partial charge in [0.15, 0.2) is 5.11 Å². The van der Waals surface area contributed by atoms with Crippen LogP contribution in [-0.4, -0.2) is 16.9 Å². The smallest absolute Gasteiger partial charge is 0.269 e. The number of benzene rings is 2. The lowest BCUT2D eigenvalue weighted by atomic mass is 10.1. The van der Waals surface area contributed by atoms with Gasteiger partial charge in [0.2, 0.25) is 0 Å². The fraction of sp³-hybridized carbons (Fsp3) is 0.0625. The number of rotatable bonds is 2. The van der Waals surface area contributed by atoms with Crippen LogP contribution in [0.2, 0.25) is 0 Å². The summed E-state index contributed by atoms with van der Waals surface area (Å²) in [6.45, 7) is 1.80. The largest absolute Gasteiger partial charge is 0.298 e. The molecule has 2 aromatic rings. The van der Waals surface area contributed by atoms with Gasteiger partial charge in [-0.1, -0.05) is 30.3 Å². The Labute approximate surface area is 137 Å². The Morgan fingerprint density at radius 2 is 1.52 bits per heavy atom. The second kappa shape index (κ2) is 7.46. The van der Waals surface area contributed by atoms with E-state index >= 15 is 0 Å². The summed E-state index contributed by atoms with van der Waals surface area (Å²) >= 11 is 4.89. The SMILES string of the molecule is Cc1ccccc1C(=O)NNC(=S)NC(=O)c1ccccc1F. The zero-order valence-electron chi connectivity index (χ0n) is 12.2. The molecule has 0 bridgehead atoms. The number of hydrogen-bond donors (Lipinski definition) is 3. The maximum Gasteiger partial charge on any atom is 0.269 e. The second-order valence-electron chi connectivity index (χ2n) is 4.66. The zero-order chi connectivity index (χ0) is 16.8. The van der Waals surface area contributed by atoms with Crippen molar-refractivity contribution in [1.29, 1.82) is 0 Å². The van der Waals surface area contributed by atoms with Gasteiger partial charge >= 0.3 is 0 Å². The van der Waals surface area contributed by atoms with Crippen molar-refractivity contribution in [2.45, 2.75) is 6.92 Å². The average Bonchev–Trinajstić information content (AvgIpc) is 2.53. The number of carbonyl (C=O) groups is 2. The van der Waals surface area contributed by atoms with Gasteiger partial charge in [0.05, 0.1) is 5.56 Å². The third-order valence-corrected chi connectivity index (χ3v) is 3.23. The molecule has 2 rings (SSSR count). The molecule has 0 saturated heterocycles. The van der Waals surface area contributed by atoms with E-state index in [0.29, 0.717) is 5.56 Å². The van der Waals surface area contributed by atoms with Crippen molar-refractivity contribution in [2.24, 2.45) is 0 Å². The molecule has 7 heteroatoms. The highest BCUT2D eigenvalue weighted by Gasteiger charge is 2.13. The lowest BCUT2D eigenvalue weighted by Crippen LogP contribution is -2.48. The summed E-state index contributed by atoms with van der Waals surface area (Å²) < 4.78 is 13.5. The van der Waals surface area contributed by atoms with Crippen LogP contribution in [0.25, 0.3) is 0 Å².